The molecule has 0 aliphatic heterocycles. The van der Waals surface area contributed by atoms with E-state index in [9.17, 15) is 18.3 Å². The molecule has 0 amide bonds. The molecule has 0 fully saturated rings. The van der Waals surface area contributed by atoms with Crippen molar-refractivity contribution in [3.05, 3.63) is 11.8 Å². The zero-order valence-electron chi connectivity index (χ0n) is 8.01. The Balaban J connectivity index is 3.15. The molecule has 0 unspecified atom stereocenters. The molecule has 0 spiro atoms. The fraction of sp³-hybridized carbons (Fsp3) is 0.375. The summed E-state index contributed by atoms with van der Waals surface area (Å²) in [6.07, 6.45) is -4.86. The maximum Gasteiger partial charge on any atom is 0.574 e. The highest BCUT2D eigenvalue weighted by atomic mass is 79.9. The third-order valence-corrected chi connectivity index (χ3v) is 2.10. The first-order valence-electron chi connectivity index (χ1n) is 3.96. The smallest absolute Gasteiger partial charge is 0.506 e. The molecule has 0 bridgehead atoms. The summed E-state index contributed by atoms with van der Waals surface area (Å²) in [6, 6.07) is 1.00. The van der Waals surface area contributed by atoms with Crippen molar-refractivity contribution in [1.29, 1.82) is 0 Å². The van der Waals surface area contributed by atoms with E-state index >= 15 is 0 Å². The fourth-order valence-electron chi connectivity index (χ4n) is 0.931. The van der Waals surface area contributed by atoms with E-state index in [1.807, 2.05) is 0 Å². The maximum absolute atomic E-state index is 12.0. The molecule has 8 heteroatoms. The van der Waals surface area contributed by atoms with Crippen LogP contribution in [0.2, 0.25) is 0 Å². The highest BCUT2D eigenvalue weighted by Crippen LogP contribution is 2.34. The predicted octanol–water partition coefficient (Wildman–Crippen LogP) is 2.59. The summed E-state index contributed by atoms with van der Waals surface area (Å²) in [5.41, 5.74) is 0.0278. The van der Waals surface area contributed by atoms with Gasteiger partial charge in [-0.1, -0.05) is 15.9 Å². The maximum atomic E-state index is 12.0. The van der Waals surface area contributed by atoms with E-state index in [1.54, 1.807) is 0 Å². The number of hydrogen-bond donors (Lipinski definition) is 1. The Kier molecular flexibility index (Phi) is 3.84. The van der Waals surface area contributed by atoms with Crippen LogP contribution in [0, 0.1) is 0 Å². The molecule has 0 saturated carbocycles. The van der Waals surface area contributed by atoms with Crippen LogP contribution in [0.4, 0.5) is 13.2 Å². The molecule has 1 heterocycles. The van der Waals surface area contributed by atoms with Gasteiger partial charge in [0.1, 0.15) is 5.75 Å². The van der Waals surface area contributed by atoms with Crippen LogP contribution in [-0.2, 0) is 5.33 Å². The first kappa shape index (κ1) is 12.9. The van der Waals surface area contributed by atoms with Gasteiger partial charge in [0, 0.05) is 11.4 Å². The Morgan fingerprint density at radius 2 is 2.12 bits per heavy atom. The minimum absolute atomic E-state index is 0.0278. The van der Waals surface area contributed by atoms with Gasteiger partial charge in [-0.2, -0.15) is 0 Å². The SMILES string of the molecule is COc1cc(O)c(CBr)nc1OC(F)(F)F. The Morgan fingerprint density at radius 3 is 2.56 bits per heavy atom. The lowest BCUT2D eigenvalue weighted by Gasteiger charge is -2.12. The largest absolute Gasteiger partial charge is 0.574 e. The number of aromatic hydroxyl groups is 1. The molecule has 1 rings (SSSR count). The fourth-order valence-corrected chi connectivity index (χ4v) is 1.34. The number of pyridine rings is 1. The monoisotopic (exact) mass is 301 g/mol. The molecule has 1 aromatic heterocycles. The van der Waals surface area contributed by atoms with E-state index in [4.69, 9.17) is 0 Å². The number of hydrogen-bond acceptors (Lipinski definition) is 4. The van der Waals surface area contributed by atoms with Gasteiger partial charge in [0.25, 0.3) is 5.88 Å². The number of rotatable bonds is 3. The van der Waals surface area contributed by atoms with Crippen molar-refractivity contribution in [1.82, 2.24) is 4.98 Å². The van der Waals surface area contributed by atoms with Gasteiger partial charge in [-0.15, -0.1) is 13.2 Å². The Morgan fingerprint density at radius 1 is 1.50 bits per heavy atom. The quantitative estimate of drug-likeness (QED) is 0.872. The van der Waals surface area contributed by atoms with Crippen molar-refractivity contribution in [2.45, 2.75) is 11.7 Å². The van der Waals surface area contributed by atoms with Gasteiger partial charge < -0.3 is 14.6 Å². The second kappa shape index (κ2) is 4.77. The number of aromatic nitrogens is 1. The van der Waals surface area contributed by atoms with Gasteiger partial charge in [0.2, 0.25) is 0 Å². The molecule has 4 nitrogen and oxygen atoms in total. The molecule has 0 atom stereocenters. The lowest BCUT2D eigenvalue weighted by Crippen LogP contribution is -2.18. The molecule has 1 aromatic rings. The zero-order chi connectivity index (χ0) is 12.3. The van der Waals surface area contributed by atoms with E-state index in [2.05, 4.69) is 30.4 Å². The average Bonchev–Trinajstić information content (AvgIpc) is 2.18. The van der Waals surface area contributed by atoms with E-state index in [0.29, 0.717) is 0 Å². The summed E-state index contributed by atoms with van der Waals surface area (Å²) in [6.45, 7) is 0. The van der Waals surface area contributed by atoms with E-state index in [0.717, 1.165) is 13.2 Å². The third-order valence-electron chi connectivity index (χ3n) is 1.57. The van der Waals surface area contributed by atoms with Gasteiger partial charge in [-0.3, -0.25) is 0 Å². The van der Waals surface area contributed by atoms with Crippen LogP contribution in [-0.4, -0.2) is 23.6 Å². The normalized spacial score (nSPS) is 11.3. The Bertz CT molecular complexity index is 384. The third kappa shape index (κ3) is 3.16. The minimum Gasteiger partial charge on any atom is -0.506 e. The Labute approximate surface area is 97.1 Å². The molecule has 16 heavy (non-hydrogen) atoms. The first-order valence-corrected chi connectivity index (χ1v) is 5.08. The second-order valence-corrected chi connectivity index (χ2v) is 3.20. The van der Waals surface area contributed by atoms with Gasteiger partial charge in [0.05, 0.1) is 12.8 Å². The zero-order valence-corrected chi connectivity index (χ0v) is 9.59. The Hall–Kier alpha value is -1.18. The molecular formula is C8H7BrF3NO3. The van der Waals surface area contributed by atoms with Crippen LogP contribution in [0.15, 0.2) is 6.07 Å². The molecule has 0 saturated heterocycles. The van der Waals surface area contributed by atoms with E-state index in [1.165, 1.54) is 0 Å². The molecule has 0 radical (unpaired) electrons. The number of nitrogens with zero attached hydrogens (tertiary/aromatic N) is 1. The summed E-state index contributed by atoms with van der Waals surface area (Å²) in [5.74, 6) is -1.30. The predicted molar refractivity (Wildman–Crippen MR) is 51.8 cm³/mol. The summed E-state index contributed by atoms with van der Waals surface area (Å²) in [4.78, 5) is 3.48. The van der Waals surface area contributed by atoms with Crippen molar-refractivity contribution < 1.29 is 27.8 Å². The van der Waals surface area contributed by atoms with Crippen LogP contribution in [0.3, 0.4) is 0 Å². The summed E-state index contributed by atoms with van der Waals surface area (Å²) < 4.78 is 44.3. The standard InChI is InChI=1S/C8H7BrF3NO3/c1-15-6-2-5(14)4(3-9)13-7(6)16-8(10,11)12/h2,14H,3H2,1H3. The number of ether oxygens (including phenoxy) is 2. The van der Waals surface area contributed by atoms with Crippen LogP contribution >= 0.6 is 15.9 Å². The van der Waals surface area contributed by atoms with Gasteiger partial charge in [0.15, 0.2) is 5.75 Å². The van der Waals surface area contributed by atoms with E-state index < -0.39 is 12.2 Å². The average molecular weight is 302 g/mol. The van der Waals surface area contributed by atoms with Crippen LogP contribution in [0.1, 0.15) is 5.69 Å². The summed E-state index contributed by atoms with van der Waals surface area (Å²) >= 11 is 2.97. The van der Waals surface area contributed by atoms with Crippen molar-refractivity contribution in [3.63, 3.8) is 0 Å². The van der Waals surface area contributed by atoms with Crippen molar-refractivity contribution >= 4 is 15.9 Å². The van der Waals surface area contributed by atoms with Gasteiger partial charge in [-0.25, -0.2) is 4.98 Å². The van der Waals surface area contributed by atoms with Crippen LogP contribution in [0.5, 0.6) is 17.4 Å². The topological polar surface area (TPSA) is 51.6 Å². The lowest BCUT2D eigenvalue weighted by molar-refractivity contribution is -0.276. The highest BCUT2D eigenvalue weighted by molar-refractivity contribution is 9.08. The number of halogens is 4. The molecular weight excluding hydrogens is 295 g/mol. The summed E-state index contributed by atoms with van der Waals surface area (Å²) in [7, 11) is 1.15. The lowest BCUT2D eigenvalue weighted by atomic mass is 10.3. The minimum atomic E-state index is -4.86. The molecule has 90 valence electrons. The van der Waals surface area contributed by atoms with Gasteiger partial charge in [-0.05, 0) is 0 Å². The highest BCUT2D eigenvalue weighted by Gasteiger charge is 2.33. The van der Waals surface area contributed by atoms with Crippen LogP contribution < -0.4 is 9.47 Å². The molecule has 0 aliphatic rings. The molecule has 1 N–H and O–H groups in total. The van der Waals surface area contributed by atoms with Crippen molar-refractivity contribution in [2.24, 2.45) is 0 Å². The van der Waals surface area contributed by atoms with Crippen LogP contribution in [0.25, 0.3) is 0 Å². The molecule has 0 aromatic carbocycles. The first-order chi connectivity index (χ1) is 7.37. The second-order valence-electron chi connectivity index (χ2n) is 2.64. The number of methoxy groups -OCH3 is 1. The summed E-state index contributed by atoms with van der Waals surface area (Å²) in [5, 5.41) is 9.43. The molecule has 0 aliphatic carbocycles. The van der Waals surface area contributed by atoms with Crippen molar-refractivity contribution in [2.75, 3.05) is 7.11 Å². The number of alkyl halides is 4. The van der Waals surface area contributed by atoms with E-state index in [-0.39, 0.29) is 22.5 Å². The van der Waals surface area contributed by atoms with Crippen molar-refractivity contribution in [3.8, 4) is 17.4 Å². The van der Waals surface area contributed by atoms with Gasteiger partial charge >= 0.3 is 6.36 Å².